The van der Waals surface area contributed by atoms with E-state index in [4.69, 9.17) is 0 Å². The summed E-state index contributed by atoms with van der Waals surface area (Å²) in [7, 11) is -3.40. The minimum Gasteiger partial charge on any atom is -0.297 e. The second-order valence-corrected chi connectivity index (χ2v) is 9.38. The zero-order valence-corrected chi connectivity index (χ0v) is 16.7. The first-order valence-corrected chi connectivity index (χ1v) is 10.7. The monoisotopic (exact) mass is 372 g/mol. The SMILES string of the molecule is Cc1ccccc1CNC1NS(=O)(=O)C(c2ccc(C(C)C)cc2)C1C. The molecule has 0 aromatic heterocycles. The molecule has 1 heterocycles. The van der Waals surface area contributed by atoms with Crippen LogP contribution in [0.5, 0.6) is 0 Å². The summed E-state index contributed by atoms with van der Waals surface area (Å²) in [6.45, 7) is 8.98. The van der Waals surface area contributed by atoms with Crippen molar-refractivity contribution >= 4 is 10.0 Å². The predicted octanol–water partition coefficient (Wildman–Crippen LogP) is 3.84. The quantitative estimate of drug-likeness (QED) is 0.838. The molecule has 0 spiro atoms. The summed E-state index contributed by atoms with van der Waals surface area (Å²) in [4.78, 5) is 0. The van der Waals surface area contributed by atoms with Crippen molar-refractivity contribution in [2.24, 2.45) is 5.92 Å². The molecule has 0 saturated carbocycles. The van der Waals surface area contributed by atoms with Gasteiger partial charge in [-0.05, 0) is 35.1 Å². The van der Waals surface area contributed by atoms with Crippen molar-refractivity contribution < 1.29 is 8.42 Å². The Labute approximate surface area is 157 Å². The summed E-state index contributed by atoms with van der Waals surface area (Å²) in [6.07, 6.45) is -0.269. The van der Waals surface area contributed by atoms with Crippen molar-refractivity contribution in [1.82, 2.24) is 10.0 Å². The lowest BCUT2D eigenvalue weighted by Crippen LogP contribution is -2.41. The van der Waals surface area contributed by atoms with Gasteiger partial charge in [0.2, 0.25) is 10.0 Å². The van der Waals surface area contributed by atoms with Gasteiger partial charge in [-0.3, -0.25) is 5.32 Å². The third-order valence-corrected chi connectivity index (χ3v) is 7.29. The lowest BCUT2D eigenvalue weighted by molar-refractivity contribution is 0.381. The van der Waals surface area contributed by atoms with Crippen molar-refractivity contribution in [3.63, 3.8) is 0 Å². The molecule has 3 rings (SSSR count). The normalized spacial score (nSPS) is 24.9. The molecule has 2 N–H and O–H groups in total. The van der Waals surface area contributed by atoms with Gasteiger partial charge in [-0.2, -0.15) is 4.72 Å². The molecule has 4 nitrogen and oxygen atoms in total. The fourth-order valence-corrected chi connectivity index (χ4v) is 5.66. The Morgan fingerprint density at radius 2 is 1.73 bits per heavy atom. The van der Waals surface area contributed by atoms with E-state index in [0.29, 0.717) is 12.5 Å². The predicted molar refractivity (Wildman–Crippen MR) is 106 cm³/mol. The minimum atomic E-state index is -3.40. The summed E-state index contributed by atoms with van der Waals surface area (Å²) >= 11 is 0. The summed E-state index contributed by atoms with van der Waals surface area (Å²) in [5, 5.41) is 2.85. The third-order valence-electron chi connectivity index (χ3n) is 5.33. The Kier molecular flexibility index (Phi) is 5.51. The average Bonchev–Trinajstić information content (AvgIpc) is 2.83. The first-order valence-electron chi connectivity index (χ1n) is 9.18. The molecule has 5 heteroatoms. The molecular formula is C21H28N2O2S. The molecule has 140 valence electrons. The van der Waals surface area contributed by atoms with E-state index in [0.717, 1.165) is 5.56 Å². The Morgan fingerprint density at radius 3 is 2.35 bits per heavy atom. The first kappa shape index (κ1) is 19.1. The molecule has 3 unspecified atom stereocenters. The molecule has 1 fully saturated rings. The molecule has 1 aliphatic rings. The molecule has 0 amide bonds. The Hall–Kier alpha value is -1.69. The van der Waals surface area contributed by atoms with Crippen molar-refractivity contribution in [1.29, 1.82) is 0 Å². The number of hydrogen-bond donors (Lipinski definition) is 2. The van der Waals surface area contributed by atoms with Crippen LogP contribution in [0.3, 0.4) is 0 Å². The number of hydrogen-bond acceptors (Lipinski definition) is 3. The average molecular weight is 373 g/mol. The van der Waals surface area contributed by atoms with Crippen LogP contribution >= 0.6 is 0 Å². The second kappa shape index (κ2) is 7.51. The summed E-state index contributed by atoms with van der Waals surface area (Å²) < 4.78 is 28.3. The number of benzene rings is 2. The van der Waals surface area contributed by atoms with Gasteiger partial charge in [0.1, 0.15) is 5.25 Å². The molecule has 2 aromatic carbocycles. The first-order chi connectivity index (χ1) is 12.3. The van der Waals surface area contributed by atoms with Gasteiger partial charge in [0.25, 0.3) is 0 Å². The van der Waals surface area contributed by atoms with Crippen LogP contribution in [-0.2, 0) is 16.6 Å². The van der Waals surface area contributed by atoms with Crippen LogP contribution in [0, 0.1) is 12.8 Å². The highest BCUT2D eigenvalue weighted by molar-refractivity contribution is 7.90. The van der Waals surface area contributed by atoms with Gasteiger partial charge >= 0.3 is 0 Å². The summed E-state index contributed by atoms with van der Waals surface area (Å²) in [5.74, 6) is 0.372. The van der Waals surface area contributed by atoms with Crippen molar-refractivity contribution in [2.75, 3.05) is 0 Å². The van der Waals surface area contributed by atoms with E-state index < -0.39 is 15.3 Å². The number of nitrogens with one attached hydrogen (secondary N) is 2. The highest BCUT2D eigenvalue weighted by Crippen LogP contribution is 2.37. The van der Waals surface area contributed by atoms with E-state index in [1.54, 1.807) is 0 Å². The van der Waals surface area contributed by atoms with Crippen LogP contribution in [0.2, 0.25) is 0 Å². The Balaban J connectivity index is 1.77. The van der Waals surface area contributed by atoms with Gasteiger partial charge in [0.05, 0.1) is 6.17 Å². The van der Waals surface area contributed by atoms with Crippen LogP contribution in [-0.4, -0.2) is 14.6 Å². The standard InChI is InChI=1S/C21H28N2O2S/c1-14(2)17-9-11-18(12-10-17)20-16(4)21(23-26(20,24)25)22-13-19-8-6-5-7-15(19)3/h5-12,14,16,20-23H,13H2,1-4H3. The maximum absolute atomic E-state index is 12.7. The van der Waals surface area contributed by atoms with Crippen LogP contribution < -0.4 is 10.0 Å². The Morgan fingerprint density at radius 1 is 1.08 bits per heavy atom. The molecule has 1 aliphatic heterocycles. The molecule has 26 heavy (non-hydrogen) atoms. The summed E-state index contributed by atoms with van der Waals surface area (Å²) in [5.41, 5.74) is 4.46. The van der Waals surface area contributed by atoms with E-state index in [9.17, 15) is 8.42 Å². The lowest BCUT2D eigenvalue weighted by Gasteiger charge is -2.20. The lowest BCUT2D eigenvalue weighted by atomic mass is 9.95. The molecule has 0 radical (unpaired) electrons. The van der Waals surface area contributed by atoms with Crippen LogP contribution in [0.4, 0.5) is 0 Å². The van der Waals surface area contributed by atoms with Crippen LogP contribution in [0.15, 0.2) is 48.5 Å². The largest absolute Gasteiger partial charge is 0.297 e. The molecule has 0 bridgehead atoms. The number of sulfonamides is 1. The summed E-state index contributed by atoms with van der Waals surface area (Å²) in [6, 6.07) is 16.1. The number of rotatable bonds is 5. The van der Waals surface area contributed by atoms with Gasteiger partial charge in [-0.15, -0.1) is 0 Å². The second-order valence-electron chi connectivity index (χ2n) is 7.55. The fraction of sp³-hybridized carbons (Fsp3) is 0.429. The van der Waals surface area contributed by atoms with E-state index in [1.165, 1.54) is 16.7 Å². The molecule has 2 aromatic rings. The van der Waals surface area contributed by atoms with E-state index in [1.807, 2.05) is 43.3 Å². The smallest absolute Gasteiger partial charge is 0.220 e. The minimum absolute atomic E-state index is 0.0612. The molecular weight excluding hydrogens is 344 g/mol. The Bertz CT molecular complexity index is 860. The maximum Gasteiger partial charge on any atom is 0.220 e. The van der Waals surface area contributed by atoms with E-state index in [-0.39, 0.29) is 12.1 Å². The zero-order chi connectivity index (χ0) is 18.9. The highest BCUT2D eigenvalue weighted by Gasteiger charge is 2.44. The fourth-order valence-electron chi connectivity index (χ4n) is 3.62. The topological polar surface area (TPSA) is 58.2 Å². The van der Waals surface area contributed by atoms with Gasteiger partial charge in [-0.25, -0.2) is 8.42 Å². The molecule has 1 saturated heterocycles. The van der Waals surface area contributed by atoms with Gasteiger partial charge < -0.3 is 0 Å². The third kappa shape index (κ3) is 3.85. The number of aryl methyl sites for hydroxylation is 1. The van der Waals surface area contributed by atoms with Crippen LogP contribution in [0.1, 0.15) is 54.2 Å². The van der Waals surface area contributed by atoms with Crippen molar-refractivity contribution in [3.05, 3.63) is 70.8 Å². The van der Waals surface area contributed by atoms with Gasteiger partial charge in [0.15, 0.2) is 0 Å². The molecule has 3 atom stereocenters. The van der Waals surface area contributed by atoms with Crippen molar-refractivity contribution in [2.45, 2.75) is 51.6 Å². The van der Waals surface area contributed by atoms with Crippen LogP contribution in [0.25, 0.3) is 0 Å². The zero-order valence-electron chi connectivity index (χ0n) is 15.9. The van der Waals surface area contributed by atoms with Gasteiger partial charge in [-0.1, -0.05) is 69.3 Å². The highest BCUT2D eigenvalue weighted by atomic mass is 32.2. The van der Waals surface area contributed by atoms with Crippen molar-refractivity contribution in [3.8, 4) is 0 Å². The van der Waals surface area contributed by atoms with Gasteiger partial charge in [0, 0.05) is 12.5 Å². The maximum atomic E-state index is 12.7. The van der Waals surface area contributed by atoms with E-state index in [2.05, 4.69) is 42.9 Å². The van der Waals surface area contributed by atoms with E-state index >= 15 is 0 Å². The molecule has 0 aliphatic carbocycles.